The van der Waals surface area contributed by atoms with Gasteiger partial charge in [0.2, 0.25) is 16.9 Å². The van der Waals surface area contributed by atoms with E-state index in [9.17, 15) is 9.59 Å². The van der Waals surface area contributed by atoms with Crippen molar-refractivity contribution in [3.05, 3.63) is 66.2 Å². The fourth-order valence-corrected chi connectivity index (χ4v) is 3.67. The zero-order chi connectivity index (χ0) is 20.5. The Labute approximate surface area is 174 Å². The van der Waals surface area contributed by atoms with Crippen LogP contribution in [0.4, 0.5) is 5.13 Å². The van der Waals surface area contributed by atoms with Crippen LogP contribution in [-0.4, -0.2) is 40.0 Å². The third-order valence-corrected chi connectivity index (χ3v) is 5.23. The van der Waals surface area contributed by atoms with Crippen LogP contribution in [-0.2, 0) is 16.0 Å². The van der Waals surface area contributed by atoms with Gasteiger partial charge in [-0.2, -0.15) is 0 Å². The predicted molar refractivity (Wildman–Crippen MR) is 116 cm³/mol. The molecule has 2 amide bonds. The van der Waals surface area contributed by atoms with Gasteiger partial charge in [-0.15, -0.1) is 10.2 Å². The van der Waals surface area contributed by atoms with E-state index in [1.807, 2.05) is 67.6 Å². The van der Waals surface area contributed by atoms with Gasteiger partial charge in [-0.1, -0.05) is 78.9 Å². The topological polar surface area (TPSA) is 75.2 Å². The van der Waals surface area contributed by atoms with E-state index < -0.39 is 0 Å². The largest absolute Gasteiger partial charge is 0.342 e. The fraction of sp³-hybridized carbons (Fsp3) is 0.273. The molecule has 6 nitrogen and oxygen atoms in total. The zero-order valence-corrected chi connectivity index (χ0v) is 17.2. The van der Waals surface area contributed by atoms with Crippen LogP contribution in [0.3, 0.4) is 0 Å². The predicted octanol–water partition coefficient (Wildman–Crippen LogP) is 4.02. The van der Waals surface area contributed by atoms with Gasteiger partial charge >= 0.3 is 0 Å². The minimum Gasteiger partial charge on any atom is -0.342 e. The lowest BCUT2D eigenvalue weighted by Gasteiger charge is -2.22. The number of aromatic nitrogens is 2. The molecule has 0 atom stereocenters. The number of nitrogens with one attached hydrogen (secondary N) is 1. The van der Waals surface area contributed by atoms with E-state index in [4.69, 9.17) is 0 Å². The van der Waals surface area contributed by atoms with Crippen LogP contribution in [0.25, 0.3) is 10.6 Å². The molecule has 7 heteroatoms. The maximum atomic E-state index is 12.6. The second-order valence-corrected chi connectivity index (χ2v) is 7.60. The third-order valence-electron chi connectivity index (χ3n) is 4.35. The van der Waals surface area contributed by atoms with E-state index in [-0.39, 0.29) is 18.2 Å². The maximum absolute atomic E-state index is 12.6. The van der Waals surface area contributed by atoms with Gasteiger partial charge in [0, 0.05) is 25.1 Å². The number of anilines is 1. The van der Waals surface area contributed by atoms with Crippen molar-refractivity contribution in [1.82, 2.24) is 15.1 Å². The van der Waals surface area contributed by atoms with Gasteiger partial charge in [-0.3, -0.25) is 9.59 Å². The summed E-state index contributed by atoms with van der Waals surface area (Å²) in [7, 11) is 0. The van der Waals surface area contributed by atoms with Crippen molar-refractivity contribution in [3.63, 3.8) is 0 Å². The molecule has 0 aliphatic heterocycles. The Morgan fingerprint density at radius 2 is 1.66 bits per heavy atom. The molecule has 1 N–H and O–H groups in total. The number of hydrogen-bond acceptors (Lipinski definition) is 5. The van der Waals surface area contributed by atoms with Crippen LogP contribution in [0.1, 0.15) is 25.3 Å². The quantitative estimate of drug-likeness (QED) is 0.580. The highest BCUT2D eigenvalue weighted by atomic mass is 32.1. The molecule has 0 saturated carbocycles. The van der Waals surface area contributed by atoms with Crippen LogP contribution in [0.2, 0.25) is 0 Å². The molecule has 1 heterocycles. The number of amides is 2. The lowest BCUT2D eigenvalue weighted by Crippen LogP contribution is -2.35. The summed E-state index contributed by atoms with van der Waals surface area (Å²) in [6.07, 6.45) is 1.42. The van der Waals surface area contributed by atoms with Crippen molar-refractivity contribution in [2.24, 2.45) is 0 Å². The van der Waals surface area contributed by atoms with Crippen LogP contribution in [0, 0.1) is 0 Å². The molecule has 3 rings (SSSR count). The standard InChI is InChI=1S/C22H24N4O2S/c1-2-14-26(20(28)16-17-9-5-3-6-10-17)15-13-19(27)23-22-25-24-21(29-22)18-11-7-4-8-12-18/h3-12H,2,13-16H2,1H3,(H,23,25,27). The van der Waals surface area contributed by atoms with Gasteiger partial charge in [0.05, 0.1) is 6.42 Å². The average Bonchev–Trinajstić information content (AvgIpc) is 3.21. The number of hydrogen-bond donors (Lipinski definition) is 1. The van der Waals surface area contributed by atoms with Crippen molar-refractivity contribution in [2.75, 3.05) is 18.4 Å². The van der Waals surface area contributed by atoms with E-state index in [1.54, 1.807) is 4.90 Å². The van der Waals surface area contributed by atoms with Crippen molar-refractivity contribution in [2.45, 2.75) is 26.2 Å². The number of carbonyl (C=O) groups is 2. The Morgan fingerprint density at radius 1 is 0.966 bits per heavy atom. The van der Waals surface area contributed by atoms with E-state index in [1.165, 1.54) is 11.3 Å². The smallest absolute Gasteiger partial charge is 0.227 e. The molecule has 0 aliphatic carbocycles. The van der Waals surface area contributed by atoms with Gasteiger partial charge < -0.3 is 10.2 Å². The Hall–Kier alpha value is -3.06. The highest BCUT2D eigenvalue weighted by Gasteiger charge is 2.16. The Kier molecular flexibility index (Phi) is 7.47. The summed E-state index contributed by atoms with van der Waals surface area (Å²) in [6, 6.07) is 19.4. The number of nitrogens with zero attached hydrogens (tertiary/aromatic N) is 3. The van der Waals surface area contributed by atoms with Crippen LogP contribution in [0.5, 0.6) is 0 Å². The minimum atomic E-state index is -0.172. The summed E-state index contributed by atoms with van der Waals surface area (Å²) in [5, 5.41) is 12.2. The molecule has 0 saturated heterocycles. The molecule has 1 aromatic heterocycles. The van der Waals surface area contributed by atoms with Crippen LogP contribution < -0.4 is 5.32 Å². The molecule has 2 aromatic carbocycles. The minimum absolute atomic E-state index is 0.0353. The molecule has 0 bridgehead atoms. The lowest BCUT2D eigenvalue weighted by molar-refractivity contribution is -0.131. The van der Waals surface area contributed by atoms with Gasteiger partial charge in [-0.25, -0.2) is 0 Å². The monoisotopic (exact) mass is 408 g/mol. The first-order chi connectivity index (χ1) is 14.2. The Bertz CT molecular complexity index is 928. The second-order valence-electron chi connectivity index (χ2n) is 6.62. The molecule has 150 valence electrons. The fourth-order valence-electron chi connectivity index (χ4n) is 2.90. The molecule has 0 spiro atoms. The molecule has 0 unspecified atom stereocenters. The van der Waals surface area contributed by atoms with Crippen molar-refractivity contribution >= 4 is 28.3 Å². The van der Waals surface area contributed by atoms with E-state index in [2.05, 4.69) is 15.5 Å². The van der Waals surface area contributed by atoms with E-state index in [0.717, 1.165) is 22.6 Å². The molecule has 3 aromatic rings. The van der Waals surface area contributed by atoms with Gasteiger partial charge in [-0.05, 0) is 12.0 Å². The van der Waals surface area contributed by atoms with Gasteiger partial charge in [0.25, 0.3) is 0 Å². The Balaban J connectivity index is 1.52. The first-order valence-electron chi connectivity index (χ1n) is 9.66. The third kappa shape index (κ3) is 6.22. The number of rotatable bonds is 9. The van der Waals surface area contributed by atoms with Crippen LogP contribution >= 0.6 is 11.3 Å². The molecule has 0 radical (unpaired) electrons. The van der Waals surface area contributed by atoms with E-state index in [0.29, 0.717) is 24.6 Å². The number of carbonyl (C=O) groups excluding carboxylic acids is 2. The SMILES string of the molecule is CCCN(CCC(=O)Nc1nnc(-c2ccccc2)s1)C(=O)Cc1ccccc1. The summed E-state index contributed by atoms with van der Waals surface area (Å²) in [4.78, 5) is 26.7. The summed E-state index contributed by atoms with van der Waals surface area (Å²) >= 11 is 1.33. The highest BCUT2D eigenvalue weighted by molar-refractivity contribution is 7.18. The molecule has 0 aliphatic rings. The van der Waals surface area contributed by atoms with Gasteiger partial charge in [0.15, 0.2) is 0 Å². The van der Waals surface area contributed by atoms with Crippen molar-refractivity contribution < 1.29 is 9.59 Å². The Morgan fingerprint density at radius 3 is 2.34 bits per heavy atom. The molecule has 0 fully saturated rings. The summed E-state index contributed by atoms with van der Waals surface area (Å²) in [6.45, 7) is 3.04. The second kappa shape index (κ2) is 10.5. The van der Waals surface area contributed by atoms with Crippen LogP contribution in [0.15, 0.2) is 60.7 Å². The summed E-state index contributed by atoms with van der Waals surface area (Å²) < 4.78 is 0. The summed E-state index contributed by atoms with van der Waals surface area (Å²) in [5.74, 6) is -0.137. The first-order valence-corrected chi connectivity index (χ1v) is 10.5. The lowest BCUT2D eigenvalue weighted by atomic mass is 10.1. The number of benzene rings is 2. The molecular formula is C22H24N4O2S. The summed E-state index contributed by atoms with van der Waals surface area (Å²) in [5.41, 5.74) is 1.94. The first kappa shape index (κ1) is 20.7. The normalized spacial score (nSPS) is 10.5. The average molecular weight is 409 g/mol. The zero-order valence-electron chi connectivity index (χ0n) is 16.4. The highest BCUT2D eigenvalue weighted by Crippen LogP contribution is 2.25. The van der Waals surface area contributed by atoms with Crippen molar-refractivity contribution in [1.29, 1.82) is 0 Å². The van der Waals surface area contributed by atoms with Gasteiger partial charge in [0.1, 0.15) is 5.01 Å². The molecular weight excluding hydrogens is 384 g/mol. The molecule has 29 heavy (non-hydrogen) atoms. The van der Waals surface area contributed by atoms with E-state index >= 15 is 0 Å². The van der Waals surface area contributed by atoms with Crippen molar-refractivity contribution in [3.8, 4) is 10.6 Å². The maximum Gasteiger partial charge on any atom is 0.227 e.